The van der Waals surface area contributed by atoms with Crippen LogP contribution in [0.25, 0.3) is 16.6 Å². The van der Waals surface area contributed by atoms with E-state index in [1.54, 1.807) is 19.9 Å². The molecule has 0 saturated heterocycles. The second-order valence-electron chi connectivity index (χ2n) is 5.42. The molecule has 9 heteroatoms. The summed E-state index contributed by atoms with van der Waals surface area (Å²) >= 11 is 0. The number of hydrogen-bond acceptors (Lipinski definition) is 5. The van der Waals surface area contributed by atoms with Crippen molar-refractivity contribution >= 4 is 11.5 Å². The summed E-state index contributed by atoms with van der Waals surface area (Å²) in [6.45, 7) is 3.58. The molecule has 0 saturated carbocycles. The molecule has 1 aromatic carbocycles. The normalized spacial score (nSPS) is 11.6. The summed E-state index contributed by atoms with van der Waals surface area (Å²) in [5.74, 6) is -0.823. The molecule has 0 bridgehead atoms. The Morgan fingerprint density at radius 1 is 1.19 bits per heavy atom. The molecule has 3 aromatic rings. The summed E-state index contributed by atoms with van der Waals surface area (Å²) in [7, 11) is 0. The number of aryl methyl sites for hydroxylation is 1. The van der Waals surface area contributed by atoms with Crippen molar-refractivity contribution in [1.29, 1.82) is 0 Å². The van der Waals surface area contributed by atoms with Gasteiger partial charge in [-0.05, 0) is 43.2 Å². The number of esters is 1. The lowest BCUT2D eigenvalue weighted by molar-refractivity contribution is -0.274. The van der Waals surface area contributed by atoms with Crippen LogP contribution in [0.3, 0.4) is 0 Å². The zero-order valence-electron chi connectivity index (χ0n) is 13.9. The van der Waals surface area contributed by atoms with Crippen molar-refractivity contribution in [3.05, 3.63) is 47.8 Å². The number of alkyl halides is 3. The highest BCUT2D eigenvalue weighted by molar-refractivity contribution is 5.97. The number of rotatable bonds is 4. The monoisotopic (exact) mass is 365 g/mol. The van der Waals surface area contributed by atoms with Crippen molar-refractivity contribution in [2.24, 2.45) is 0 Å². The summed E-state index contributed by atoms with van der Waals surface area (Å²) in [6, 6.07) is 5.70. The number of fused-ring (bicyclic) bond motifs is 1. The van der Waals surface area contributed by atoms with Crippen LogP contribution in [-0.2, 0) is 4.74 Å². The van der Waals surface area contributed by atoms with Crippen molar-refractivity contribution in [2.75, 3.05) is 6.61 Å². The summed E-state index contributed by atoms with van der Waals surface area (Å²) in [5, 5.41) is 8.12. The Morgan fingerprint density at radius 2 is 1.92 bits per heavy atom. The van der Waals surface area contributed by atoms with Crippen LogP contribution in [0.4, 0.5) is 13.2 Å². The Labute approximate surface area is 146 Å². The molecule has 0 aliphatic carbocycles. The molecular weight excluding hydrogens is 351 g/mol. The fraction of sp³-hybridized carbons (Fsp3) is 0.235. The maximum Gasteiger partial charge on any atom is 0.573 e. The maximum atomic E-state index is 12.3. The quantitative estimate of drug-likeness (QED) is 0.659. The number of halogens is 3. The van der Waals surface area contributed by atoms with Gasteiger partial charge in [0, 0.05) is 5.56 Å². The van der Waals surface area contributed by atoms with Gasteiger partial charge in [-0.25, -0.2) is 4.79 Å². The Hall–Kier alpha value is -3.10. The van der Waals surface area contributed by atoms with E-state index >= 15 is 0 Å². The van der Waals surface area contributed by atoms with E-state index in [0.29, 0.717) is 22.2 Å². The van der Waals surface area contributed by atoms with E-state index in [2.05, 4.69) is 14.9 Å². The molecule has 2 heterocycles. The minimum Gasteiger partial charge on any atom is -0.462 e. The summed E-state index contributed by atoms with van der Waals surface area (Å²) in [6.07, 6.45) is -1.88. The molecule has 0 N–H and O–H groups in total. The smallest absolute Gasteiger partial charge is 0.462 e. The van der Waals surface area contributed by atoms with Crippen LogP contribution >= 0.6 is 0 Å². The third kappa shape index (κ3) is 3.61. The standard InChI is InChI=1S/C17H14F3N3O3/c1-3-25-16(24)14-9-22-23-15(14)7-11(8-21-23)13-5-4-12(6-10(13)2)26-17(18,19)20/h4-9H,3H2,1-2H3. The van der Waals surface area contributed by atoms with Gasteiger partial charge in [0.2, 0.25) is 0 Å². The Kier molecular flexibility index (Phi) is 4.54. The van der Waals surface area contributed by atoms with Crippen LogP contribution in [0.2, 0.25) is 0 Å². The lowest BCUT2D eigenvalue weighted by Crippen LogP contribution is -2.17. The molecule has 0 fully saturated rings. The van der Waals surface area contributed by atoms with Crippen LogP contribution in [-0.4, -0.2) is 33.8 Å². The van der Waals surface area contributed by atoms with Gasteiger partial charge in [-0.3, -0.25) is 0 Å². The molecule has 2 aromatic heterocycles. The molecule has 0 radical (unpaired) electrons. The number of hydrogen-bond donors (Lipinski definition) is 0. The number of nitrogens with zero attached hydrogens (tertiary/aromatic N) is 3. The highest BCUT2D eigenvalue weighted by Crippen LogP contribution is 2.30. The molecule has 0 atom stereocenters. The second-order valence-corrected chi connectivity index (χ2v) is 5.42. The molecule has 0 amide bonds. The van der Waals surface area contributed by atoms with Crippen molar-refractivity contribution in [1.82, 2.24) is 14.8 Å². The van der Waals surface area contributed by atoms with E-state index < -0.39 is 12.3 Å². The summed E-state index contributed by atoms with van der Waals surface area (Å²) in [4.78, 5) is 12.0. The predicted molar refractivity (Wildman–Crippen MR) is 85.8 cm³/mol. The molecule has 136 valence electrons. The first-order chi connectivity index (χ1) is 12.3. The second kappa shape index (κ2) is 6.66. The average Bonchev–Trinajstić information content (AvgIpc) is 2.96. The van der Waals surface area contributed by atoms with Gasteiger partial charge in [0.25, 0.3) is 0 Å². The van der Waals surface area contributed by atoms with Gasteiger partial charge in [0.15, 0.2) is 0 Å². The lowest BCUT2D eigenvalue weighted by Gasteiger charge is -2.12. The van der Waals surface area contributed by atoms with Gasteiger partial charge in [-0.1, -0.05) is 6.07 Å². The fourth-order valence-electron chi connectivity index (χ4n) is 2.55. The van der Waals surface area contributed by atoms with Crippen molar-refractivity contribution in [3.63, 3.8) is 0 Å². The van der Waals surface area contributed by atoms with E-state index in [1.165, 1.54) is 35.2 Å². The number of carbonyl (C=O) groups is 1. The molecule has 0 aliphatic heterocycles. The highest BCUT2D eigenvalue weighted by Gasteiger charge is 2.31. The highest BCUT2D eigenvalue weighted by atomic mass is 19.4. The zero-order valence-corrected chi connectivity index (χ0v) is 13.9. The molecule has 26 heavy (non-hydrogen) atoms. The van der Waals surface area contributed by atoms with Crippen molar-refractivity contribution in [2.45, 2.75) is 20.2 Å². The molecular formula is C17H14F3N3O3. The number of benzene rings is 1. The topological polar surface area (TPSA) is 65.7 Å². The Bertz CT molecular complexity index is 967. The van der Waals surface area contributed by atoms with Gasteiger partial charge in [0.1, 0.15) is 16.8 Å². The predicted octanol–water partition coefficient (Wildman–Crippen LogP) is 3.78. The third-order valence-corrected chi connectivity index (χ3v) is 3.62. The van der Waals surface area contributed by atoms with Gasteiger partial charge in [0.05, 0.1) is 19.0 Å². The van der Waals surface area contributed by atoms with Gasteiger partial charge in [-0.2, -0.15) is 14.8 Å². The van der Waals surface area contributed by atoms with Crippen molar-refractivity contribution in [3.8, 4) is 16.9 Å². The van der Waals surface area contributed by atoms with E-state index in [1.807, 2.05) is 0 Å². The van der Waals surface area contributed by atoms with Crippen LogP contribution < -0.4 is 4.74 Å². The average molecular weight is 365 g/mol. The third-order valence-electron chi connectivity index (χ3n) is 3.62. The number of ether oxygens (including phenoxy) is 2. The lowest BCUT2D eigenvalue weighted by atomic mass is 10.0. The van der Waals surface area contributed by atoms with E-state index in [0.717, 1.165) is 0 Å². The van der Waals surface area contributed by atoms with Crippen LogP contribution in [0.15, 0.2) is 36.7 Å². The van der Waals surface area contributed by atoms with E-state index in [9.17, 15) is 18.0 Å². The largest absolute Gasteiger partial charge is 0.573 e. The first-order valence-electron chi connectivity index (χ1n) is 7.66. The first-order valence-corrected chi connectivity index (χ1v) is 7.66. The number of aromatic nitrogens is 3. The number of carbonyl (C=O) groups excluding carboxylic acids is 1. The molecule has 0 spiro atoms. The zero-order chi connectivity index (χ0) is 18.9. The summed E-state index contributed by atoms with van der Waals surface area (Å²) in [5.41, 5.74) is 2.55. The summed E-state index contributed by atoms with van der Waals surface area (Å²) < 4.78 is 47.2. The minimum atomic E-state index is -4.75. The fourth-order valence-corrected chi connectivity index (χ4v) is 2.55. The SMILES string of the molecule is CCOC(=O)c1cnn2ncc(-c3ccc(OC(F)(F)F)cc3C)cc12. The molecule has 0 unspecified atom stereocenters. The van der Waals surface area contributed by atoms with Crippen LogP contribution in [0.1, 0.15) is 22.8 Å². The van der Waals surface area contributed by atoms with Crippen molar-refractivity contribution < 1.29 is 27.4 Å². The Morgan fingerprint density at radius 3 is 2.58 bits per heavy atom. The van der Waals surface area contributed by atoms with Gasteiger partial charge >= 0.3 is 12.3 Å². The van der Waals surface area contributed by atoms with Crippen LogP contribution in [0, 0.1) is 6.92 Å². The Balaban J connectivity index is 2.00. The van der Waals surface area contributed by atoms with Gasteiger partial charge in [-0.15, -0.1) is 13.2 Å². The van der Waals surface area contributed by atoms with E-state index in [4.69, 9.17) is 4.74 Å². The maximum absolute atomic E-state index is 12.3. The molecule has 3 rings (SSSR count). The molecule has 6 nitrogen and oxygen atoms in total. The first kappa shape index (κ1) is 17.7. The van der Waals surface area contributed by atoms with E-state index in [-0.39, 0.29) is 17.9 Å². The van der Waals surface area contributed by atoms with Gasteiger partial charge < -0.3 is 9.47 Å². The molecule has 0 aliphatic rings. The van der Waals surface area contributed by atoms with Crippen LogP contribution in [0.5, 0.6) is 5.75 Å². The minimum absolute atomic E-state index is 0.225.